The van der Waals surface area contributed by atoms with Gasteiger partial charge in [0, 0.05) is 37.1 Å². The molecule has 2 heterocycles. The van der Waals surface area contributed by atoms with Crippen LogP contribution in [0.4, 0.5) is 11.4 Å². The van der Waals surface area contributed by atoms with E-state index in [0.29, 0.717) is 6.04 Å². The molecule has 2 aliphatic heterocycles. The third kappa shape index (κ3) is 4.12. The summed E-state index contributed by atoms with van der Waals surface area (Å²) >= 11 is 0. The SMILES string of the molecule is CS(=O)(=O)c1cc(N2CCCCC(N3CCCC3)C2)ccc1[N+](=O)[O-]. The van der Waals surface area contributed by atoms with E-state index in [4.69, 9.17) is 0 Å². The molecule has 25 heavy (non-hydrogen) atoms. The van der Waals surface area contributed by atoms with Gasteiger partial charge in [0.2, 0.25) is 0 Å². The maximum Gasteiger partial charge on any atom is 0.288 e. The molecule has 7 nitrogen and oxygen atoms in total. The predicted molar refractivity (Wildman–Crippen MR) is 96.9 cm³/mol. The van der Waals surface area contributed by atoms with Gasteiger partial charge in [0.1, 0.15) is 4.90 Å². The van der Waals surface area contributed by atoms with Crippen LogP contribution in [0.25, 0.3) is 0 Å². The minimum Gasteiger partial charge on any atom is -0.370 e. The van der Waals surface area contributed by atoms with Crippen molar-refractivity contribution < 1.29 is 13.3 Å². The van der Waals surface area contributed by atoms with E-state index in [0.717, 1.165) is 57.4 Å². The largest absolute Gasteiger partial charge is 0.370 e. The van der Waals surface area contributed by atoms with E-state index >= 15 is 0 Å². The standard InChI is InChI=1S/C17H25N3O4S/c1-25(23,24)17-12-14(7-8-16(17)20(21)22)19-11-3-2-6-15(13-19)18-9-4-5-10-18/h7-8,12,15H,2-6,9-11,13H2,1H3. The molecule has 8 heteroatoms. The van der Waals surface area contributed by atoms with Crippen molar-refractivity contribution in [3.8, 4) is 0 Å². The first-order valence-electron chi connectivity index (χ1n) is 8.84. The summed E-state index contributed by atoms with van der Waals surface area (Å²) in [4.78, 5) is 15.0. The summed E-state index contributed by atoms with van der Waals surface area (Å²) in [6.45, 7) is 3.97. The number of hydrogen-bond acceptors (Lipinski definition) is 6. The van der Waals surface area contributed by atoms with E-state index in [1.54, 1.807) is 6.07 Å². The number of benzene rings is 1. The second-order valence-corrected chi connectivity index (χ2v) is 9.00. The molecule has 0 saturated carbocycles. The van der Waals surface area contributed by atoms with Crippen LogP contribution in [0.2, 0.25) is 0 Å². The van der Waals surface area contributed by atoms with E-state index in [-0.39, 0.29) is 10.6 Å². The topological polar surface area (TPSA) is 83.8 Å². The van der Waals surface area contributed by atoms with Crippen LogP contribution in [0.5, 0.6) is 0 Å². The zero-order valence-corrected chi connectivity index (χ0v) is 15.4. The minimum atomic E-state index is -3.66. The van der Waals surface area contributed by atoms with Crippen LogP contribution in [-0.2, 0) is 9.84 Å². The molecule has 1 unspecified atom stereocenters. The molecule has 138 valence electrons. The Morgan fingerprint density at radius 3 is 2.44 bits per heavy atom. The van der Waals surface area contributed by atoms with E-state index in [1.807, 2.05) is 0 Å². The Morgan fingerprint density at radius 2 is 1.80 bits per heavy atom. The van der Waals surface area contributed by atoms with Gasteiger partial charge in [-0.2, -0.15) is 0 Å². The van der Waals surface area contributed by atoms with Crippen molar-refractivity contribution in [1.29, 1.82) is 0 Å². The fourth-order valence-electron chi connectivity index (χ4n) is 3.91. The second kappa shape index (κ2) is 7.29. The first-order chi connectivity index (χ1) is 11.9. The van der Waals surface area contributed by atoms with Gasteiger partial charge in [0.25, 0.3) is 5.69 Å². The zero-order valence-electron chi connectivity index (χ0n) is 14.6. The van der Waals surface area contributed by atoms with E-state index < -0.39 is 14.8 Å². The van der Waals surface area contributed by atoms with Crippen LogP contribution in [0, 0.1) is 10.1 Å². The molecule has 0 N–H and O–H groups in total. The zero-order chi connectivity index (χ0) is 18.0. The van der Waals surface area contributed by atoms with Gasteiger partial charge in [-0.25, -0.2) is 8.42 Å². The van der Waals surface area contributed by atoms with Crippen molar-refractivity contribution in [2.75, 3.05) is 37.3 Å². The van der Waals surface area contributed by atoms with E-state index in [2.05, 4.69) is 9.80 Å². The highest BCUT2D eigenvalue weighted by molar-refractivity contribution is 7.90. The molecule has 0 amide bonds. The molecule has 1 aromatic carbocycles. The van der Waals surface area contributed by atoms with Crippen molar-refractivity contribution in [2.24, 2.45) is 0 Å². The van der Waals surface area contributed by atoms with Crippen LogP contribution in [0.1, 0.15) is 32.1 Å². The Bertz CT molecular complexity index is 744. The van der Waals surface area contributed by atoms with Crippen LogP contribution < -0.4 is 4.90 Å². The molecule has 1 atom stereocenters. The van der Waals surface area contributed by atoms with Crippen LogP contribution in [0.3, 0.4) is 0 Å². The fourth-order valence-corrected chi connectivity index (χ4v) is 4.76. The third-order valence-electron chi connectivity index (χ3n) is 5.21. The second-order valence-electron chi connectivity index (χ2n) is 7.02. The highest BCUT2D eigenvalue weighted by Gasteiger charge is 2.28. The summed E-state index contributed by atoms with van der Waals surface area (Å²) in [5, 5.41) is 11.2. The lowest BCUT2D eigenvalue weighted by molar-refractivity contribution is -0.387. The van der Waals surface area contributed by atoms with Gasteiger partial charge in [-0.1, -0.05) is 6.42 Å². The number of nitro groups is 1. The Morgan fingerprint density at radius 1 is 1.12 bits per heavy atom. The molecule has 2 aliphatic rings. The van der Waals surface area contributed by atoms with Crippen molar-refractivity contribution in [1.82, 2.24) is 4.90 Å². The monoisotopic (exact) mass is 367 g/mol. The molecule has 2 saturated heterocycles. The molecule has 0 spiro atoms. The van der Waals surface area contributed by atoms with Gasteiger partial charge in [-0.3, -0.25) is 15.0 Å². The number of anilines is 1. The normalized spacial score (nSPS) is 22.8. The number of likely N-dealkylation sites (tertiary alicyclic amines) is 1. The number of nitro benzene ring substituents is 1. The lowest BCUT2D eigenvalue weighted by Gasteiger charge is -2.32. The molecular weight excluding hydrogens is 342 g/mol. The summed E-state index contributed by atoms with van der Waals surface area (Å²) in [6, 6.07) is 4.95. The van der Waals surface area contributed by atoms with Crippen molar-refractivity contribution >= 4 is 21.2 Å². The number of nitrogens with zero attached hydrogens (tertiary/aromatic N) is 3. The number of hydrogen-bond donors (Lipinski definition) is 0. The first kappa shape index (κ1) is 18.1. The fraction of sp³-hybridized carbons (Fsp3) is 0.647. The van der Waals surface area contributed by atoms with Crippen LogP contribution in [-0.4, -0.2) is 56.7 Å². The Labute approximate surface area is 148 Å². The smallest absolute Gasteiger partial charge is 0.288 e. The molecule has 0 aliphatic carbocycles. The quantitative estimate of drug-likeness (QED) is 0.600. The third-order valence-corrected chi connectivity index (χ3v) is 6.33. The molecule has 0 radical (unpaired) electrons. The lowest BCUT2D eigenvalue weighted by atomic mass is 10.1. The van der Waals surface area contributed by atoms with Gasteiger partial charge in [0.15, 0.2) is 9.84 Å². The van der Waals surface area contributed by atoms with E-state index in [1.165, 1.54) is 25.0 Å². The Hall–Kier alpha value is -1.67. The molecule has 0 bridgehead atoms. The highest BCUT2D eigenvalue weighted by Crippen LogP contribution is 2.31. The Kier molecular flexibility index (Phi) is 5.29. The maximum absolute atomic E-state index is 12.0. The average Bonchev–Trinajstić information content (AvgIpc) is 2.98. The first-order valence-corrected chi connectivity index (χ1v) is 10.7. The summed E-state index contributed by atoms with van der Waals surface area (Å²) in [7, 11) is -3.66. The minimum absolute atomic E-state index is 0.197. The molecule has 1 aromatic rings. The van der Waals surface area contributed by atoms with Crippen LogP contribution >= 0.6 is 0 Å². The summed E-state index contributed by atoms with van der Waals surface area (Å²) in [6.07, 6.45) is 6.87. The summed E-state index contributed by atoms with van der Waals surface area (Å²) in [5.41, 5.74) is 0.411. The van der Waals surface area contributed by atoms with Gasteiger partial charge in [-0.05, 0) is 50.9 Å². The van der Waals surface area contributed by atoms with Gasteiger partial charge in [0.05, 0.1) is 4.92 Å². The predicted octanol–water partition coefficient (Wildman–Crippen LogP) is 2.45. The van der Waals surface area contributed by atoms with Gasteiger partial charge < -0.3 is 4.90 Å². The van der Waals surface area contributed by atoms with Crippen molar-refractivity contribution in [3.05, 3.63) is 28.3 Å². The van der Waals surface area contributed by atoms with Gasteiger partial charge in [-0.15, -0.1) is 0 Å². The van der Waals surface area contributed by atoms with E-state index in [9.17, 15) is 18.5 Å². The molecule has 0 aromatic heterocycles. The molecule has 2 fully saturated rings. The van der Waals surface area contributed by atoms with Crippen molar-refractivity contribution in [2.45, 2.75) is 43.0 Å². The lowest BCUT2D eigenvalue weighted by Crippen LogP contribution is -2.41. The van der Waals surface area contributed by atoms with Crippen molar-refractivity contribution in [3.63, 3.8) is 0 Å². The van der Waals surface area contributed by atoms with Crippen LogP contribution in [0.15, 0.2) is 23.1 Å². The molecule has 3 rings (SSSR count). The van der Waals surface area contributed by atoms with Gasteiger partial charge >= 0.3 is 0 Å². The average molecular weight is 367 g/mol. The Balaban J connectivity index is 1.90. The summed E-state index contributed by atoms with van der Waals surface area (Å²) < 4.78 is 24.0. The highest BCUT2D eigenvalue weighted by atomic mass is 32.2. The summed E-state index contributed by atoms with van der Waals surface area (Å²) in [5.74, 6) is 0. The number of sulfone groups is 1. The maximum atomic E-state index is 12.0. The molecular formula is C17H25N3O4S. The number of rotatable bonds is 4.